The fraction of sp³-hybridized carbons (Fsp3) is 0.333. The molecule has 1 saturated carbocycles. The minimum atomic E-state index is 0.292. The van der Waals surface area contributed by atoms with Crippen molar-refractivity contribution >= 4 is 22.4 Å². The van der Waals surface area contributed by atoms with E-state index in [1.807, 2.05) is 19.2 Å². The van der Waals surface area contributed by atoms with Crippen LogP contribution < -0.4 is 5.32 Å². The molecule has 2 aliphatic rings. The number of fused-ring (bicyclic) bond motifs is 4. The van der Waals surface area contributed by atoms with Crippen LogP contribution in [0, 0.1) is 6.92 Å². The van der Waals surface area contributed by atoms with Crippen molar-refractivity contribution in [2.24, 2.45) is 0 Å². The Morgan fingerprint density at radius 3 is 3.05 bits per heavy atom. The number of hydrogen-bond acceptors (Lipinski definition) is 6. The Morgan fingerprint density at radius 2 is 2.23 bits per heavy atom. The van der Waals surface area contributed by atoms with Crippen LogP contribution in [0.4, 0.5) is 11.1 Å². The van der Waals surface area contributed by atoms with Gasteiger partial charge >= 0.3 is 0 Å². The first-order valence-corrected chi connectivity index (χ1v) is 8.16. The minimum absolute atomic E-state index is 0.292. The highest BCUT2D eigenvalue weighted by molar-refractivity contribution is 7.16. The summed E-state index contributed by atoms with van der Waals surface area (Å²) in [4.78, 5) is 14.8. The van der Waals surface area contributed by atoms with Gasteiger partial charge in [0.2, 0.25) is 5.95 Å². The zero-order chi connectivity index (χ0) is 14.7. The lowest BCUT2D eigenvalue weighted by atomic mass is 9.88. The van der Waals surface area contributed by atoms with Crippen molar-refractivity contribution in [3.63, 3.8) is 0 Å². The molecule has 5 rings (SSSR count). The average molecular weight is 310 g/mol. The van der Waals surface area contributed by atoms with Gasteiger partial charge in [-0.25, -0.2) is 15.0 Å². The number of aromatic nitrogens is 5. The van der Waals surface area contributed by atoms with Gasteiger partial charge in [0.15, 0.2) is 5.13 Å². The van der Waals surface area contributed by atoms with Crippen molar-refractivity contribution in [1.29, 1.82) is 0 Å². The summed E-state index contributed by atoms with van der Waals surface area (Å²) in [6.45, 7) is 1.96. The van der Waals surface area contributed by atoms with Crippen molar-refractivity contribution < 1.29 is 0 Å². The monoisotopic (exact) mass is 310 g/mol. The predicted octanol–water partition coefficient (Wildman–Crippen LogP) is 2.96. The third kappa shape index (κ3) is 1.72. The Balaban J connectivity index is 1.58. The lowest BCUT2D eigenvalue weighted by Gasteiger charge is -2.19. The summed E-state index contributed by atoms with van der Waals surface area (Å²) in [6.07, 6.45) is 7.17. The maximum absolute atomic E-state index is 4.79. The molecule has 3 aromatic rings. The number of aromatic amines is 1. The van der Waals surface area contributed by atoms with E-state index in [1.54, 1.807) is 17.5 Å². The summed E-state index contributed by atoms with van der Waals surface area (Å²) >= 11 is 1.73. The molecule has 22 heavy (non-hydrogen) atoms. The number of H-pyrrole nitrogens is 1. The Labute approximate surface area is 131 Å². The molecule has 0 radical (unpaired) electrons. The first kappa shape index (κ1) is 12.3. The first-order valence-electron chi connectivity index (χ1n) is 7.34. The van der Waals surface area contributed by atoms with E-state index in [1.165, 1.54) is 23.4 Å². The molecule has 0 atom stereocenters. The molecule has 0 unspecified atom stereocenters. The van der Waals surface area contributed by atoms with Crippen LogP contribution in [0.3, 0.4) is 0 Å². The fourth-order valence-electron chi connectivity index (χ4n) is 3.15. The maximum Gasteiger partial charge on any atom is 0.229 e. The highest BCUT2D eigenvalue weighted by Crippen LogP contribution is 2.59. The molecule has 2 N–H and O–H groups in total. The third-order valence-electron chi connectivity index (χ3n) is 4.46. The van der Waals surface area contributed by atoms with Gasteiger partial charge in [-0.05, 0) is 25.8 Å². The molecule has 3 aromatic heterocycles. The Hall–Kier alpha value is -2.28. The molecule has 3 heterocycles. The second-order valence-corrected chi connectivity index (χ2v) is 7.06. The molecule has 0 aliphatic heterocycles. The summed E-state index contributed by atoms with van der Waals surface area (Å²) < 4.78 is 0. The third-order valence-corrected chi connectivity index (χ3v) is 5.68. The van der Waals surface area contributed by atoms with Gasteiger partial charge in [-0.1, -0.05) is 0 Å². The predicted molar refractivity (Wildman–Crippen MR) is 84.4 cm³/mol. The quantitative estimate of drug-likeness (QED) is 0.760. The SMILES string of the molecule is Cc1ccnc(Nc2nc3c(s2)C2(CC2)Cc2[nH]ncc2-3)n1. The van der Waals surface area contributed by atoms with E-state index in [0.29, 0.717) is 11.4 Å². The first-order chi connectivity index (χ1) is 10.7. The van der Waals surface area contributed by atoms with Crippen LogP contribution in [-0.2, 0) is 11.8 Å². The van der Waals surface area contributed by atoms with E-state index in [-0.39, 0.29) is 0 Å². The molecule has 110 valence electrons. The van der Waals surface area contributed by atoms with Gasteiger partial charge < -0.3 is 5.32 Å². The number of aryl methyl sites for hydroxylation is 1. The van der Waals surface area contributed by atoms with Gasteiger partial charge in [-0.2, -0.15) is 5.10 Å². The van der Waals surface area contributed by atoms with Crippen LogP contribution in [0.5, 0.6) is 0 Å². The van der Waals surface area contributed by atoms with Crippen LogP contribution >= 0.6 is 11.3 Å². The number of anilines is 2. The number of nitrogens with one attached hydrogen (secondary N) is 2. The second-order valence-electron chi connectivity index (χ2n) is 6.06. The highest BCUT2D eigenvalue weighted by Gasteiger charge is 2.51. The average Bonchev–Trinajstić information content (AvgIpc) is 2.92. The van der Waals surface area contributed by atoms with Crippen LogP contribution in [0.2, 0.25) is 0 Å². The van der Waals surface area contributed by atoms with Gasteiger partial charge in [-0.3, -0.25) is 5.10 Å². The molecule has 6 nitrogen and oxygen atoms in total. The van der Waals surface area contributed by atoms with Crippen LogP contribution in [0.15, 0.2) is 18.5 Å². The molecule has 0 amide bonds. The summed E-state index contributed by atoms with van der Waals surface area (Å²) in [6, 6.07) is 1.88. The van der Waals surface area contributed by atoms with Crippen molar-refractivity contribution in [3.05, 3.63) is 34.7 Å². The Morgan fingerprint density at radius 1 is 1.32 bits per heavy atom. The molecule has 7 heteroatoms. The zero-order valence-electron chi connectivity index (χ0n) is 12.1. The highest BCUT2D eigenvalue weighted by atomic mass is 32.1. The Bertz CT molecular complexity index is 876. The molecular weight excluding hydrogens is 296 g/mol. The maximum atomic E-state index is 4.79. The lowest BCUT2D eigenvalue weighted by molar-refractivity contribution is 0.674. The van der Waals surface area contributed by atoms with E-state index in [0.717, 1.165) is 28.5 Å². The Kier molecular flexibility index (Phi) is 2.31. The normalized spacial score (nSPS) is 17.1. The molecule has 0 saturated heterocycles. The van der Waals surface area contributed by atoms with Gasteiger partial charge in [0.05, 0.1) is 11.9 Å². The molecule has 2 aliphatic carbocycles. The topological polar surface area (TPSA) is 79.4 Å². The smallest absolute Gasteiger partial charge is 0.229 e. The van der Waals surface area contributed by atoms with Crippen molar-refractivity contribution in [2.45, 2.75) is 31.6 Å². The van der Waals surface area contributed by atoms with Crippen LogP contribution in [-0.4, -0.2) is 25.1 Å². The van der Waals surface area contributed by atoms with E-state index < -0.39 is 0 Å². The van der Waals surface area contributed by atoms with Crippen molar-refractivity contribution in [2.75, 3.05) is 5.32 Å². The second kappa shape index (κ2) is 4.13. The van der Waals surface area contributed by atoms with Crippen LogP contribution in [0.25, 0.3) is 11.3 Å². The van der Waals surface area contributed by atoms with Gasteiger partial charge in [0.25, 0.3) is 0 Å². The van der Waals surface area contributed by atoms with Crippen molar-refractivity contribution in [1.82, 2.24) is 25.1 Å². The fourth-order valence-corrected chi connectivity index (χ4v) is 4.36. The van der Waals surface area contributed by atoms with Crippen LogP contribution in [0.1, 0.15) is 29.1 Å². The van der Waals surface area contributed by atoms with E-state index >= 15 is 0 Å². The molecular formula is C15H14N6S. The van der Waals surface area contributed by atoms with Gasteiger partial charge in [0, 0.05) is 39.9 Å². The number of thiazole rings is 1. The standard InChI is InChI=1S/C15H14N6S/c1-8-2-5-16-13(18-8)20-14-19-11-9-7-17-21-10(9)6-15(3-4-15)12(11)22-14/h2,5,7H,3-4,6H2,1H3,(H,17,21)(H,16,18,19,20). The summed E-state index contributed by atoms with van der Waals surface area (Å²) in [5.74, 6) is 0.600. The van der Waals surface area contributed by atoms with E-state index in [9.17, 15) is 0 Å². The van der Waals surface area contributed by atoms with Gasteiger partial charge in [0.1, 0.15) is 0 Å². The zero-order valence-corrected chi connectivity index (χ0v) is 12.9. The minimum Gasteiger partial charge on any atom is -0.300 e. The summed E-state index contributed by atoms with van der Waals surface area (Å²) in [5, 5.41) is 11.4. The molecule has 1 spiro atoms. The van der Waals surface area contributed by atoms with E-state index in [4.69, 9.17) is 4.98 Å². The number of rotatable bonds is 2. The molecule has 1 fully saturated rings. The van der Waals surface area contributed by atoms with Crippen molar-refractivity contribution in [3.8, 4) is 11.3 Å². The lowest BCUT2D eigenvalue weighted by Crippen LogP contribution is -2.15. The van der Waals surface area contributed by atoms with E-state index in [2.05, 4.69) is 25.5 Å². The summed E-state index contributed by atoms with van der Waals surface area (Å²) in [7, 11) is 0. The largest absolute Gasteiger partial charge is 0.300 e. The van der Waals surface area contributed by atoms with Gasteiger partial charge in [-0.15, -0.1) is 11.3 Å². The number of hydrogen-bond donors (Lipinski definition) is 2. The number of nitrogens with zero attached hydrogens (tertiary/aromatic N) is 4. The molecule has 0 bridgehead atoms. The summed E-state index contributed by atoms with van der Waals surface area (Å²) in [5.41, 5.74) is 4.66. The molecule has 0 aromatic carbocycles.